The van der Waals surface area contributed by atoms with Crippen LogP contribution in [-0.2, 0) is 4.74 Å². The molecule has 0 saturated heterocycles. The second-order valence-corrected chi connectivity index (χ2v) is 2.94. The van der Waals surface area contributed by atoms with E-state index >= 15 is 0 Å². The highest BCUT2D eigenvalue weighted by molar-refractivity contribution is 5.05. The van der Waals surface area contributed by atoms with Crippen LogP contribution in [0.2, 0.25) is 0 Å². The molecule has 0 aliphatic heterocycles. The van der Waals surface area contributed by atoms with Gasteiger partial charge in [-0.25, -0.2) is 0 Å². The summed E-state index contributed by atoms with van der Waals surface area (Å²) in [4.78, 5) is 0. The lowest BCUT2D eigenvalue weighted by molar-refractivity contribution is 0.0364. The molecule has 0 bridgehead atoms. The summed E-state index contributed by atoms with van der Waals surface area (Å²) in [6.07, 6.45) is 2.58. The lowest BCUT2D eigenvalue weighted by atomic mass is 10.1. The number of hydrogen-bond donors (Lipinski definition) is 1. The summed E-state index contributed by atoms with van der Waals surface area (Å²) >= 11 is 0. The number of rotatable bonds is 5. The highest BCUT2D eigenvalue weighted by atomic mass is 16.5. The van der Waals surface area contributed by atoms with E-state index in [9.17, 15) is 0 Å². The van der Waals surface area contributed by atoms with Gasteiger partial charge in [-0.15, -0.1) is 0 Å². The van der Waals surface area contributed by atoms with E-state index in [1.165, 1.54) is 0 Å². The Morgan fingerprint density at radius 3 is 2.77 bits per heavy atom. The van der Waals surface area contributed by atoms with Crippen LogP contribution in [0.4, 0.5) is 0 Å². The molecule has 3 nitrogen and oxygen atoms in total. The normalized spacial score (nSPS) is 15.6. The summed E-state index contributed by atoms with van der Waals surface area (Å²) in [6.45, 7) is 4.72. The maximum atomic E-state index is 5.96. The average Bonchev–Trinajstić information content (AvgIpc) is 2.65. The Kier molecular flexibility index (Phi) is 3.99. The summed E-state index contributed by atoms with van der Waals surface area (Å²) in [6, 6.07) is 3.57. The van der Waals surface area contributed by atoms with E-state index in [2.05, 4.69) is 6.92 Å². The summed E-state index contributed by atoms with van der Waals surface area (Å²) in [7, 11) is 0. The molecule has 1 aromatic rings. The highest BCUT2D eigenvalue weighted by Crippen LogP contribution is 2.19. The first-order chi connectivity index (χ1) is 6.29. The van der Waals surface area contributed by atoms with Crippen molar-refractivity contribution in [3.8, 4) is 0 Å². The molecule has 0 radical (unpaired) electrons. The standard InChI is InChI=1S/C10H17NO2/c1-3-8(12-4-2)10(11)9-6-5-7-13-9/h5-8,10H,3-4,11H2,1-2H3. The molecule has 1 aromatic heterocycles. The van der Waals surface area contributed by atoms with Crippen LogP contribution in [0.5, 0.6) is 0 Å². The lowest BCUT2D eigenvalue weighted by Crippen LogP contribution is -2.28. The molecule has 0 aliphatic carbocycles. The smallest absolute Gasteiger partial charge is 0.123 e. The fourth-order valence-electron chi connectivity index (χ4n) is 1.35. The minimum atomic E-state index is -0.153. The van der Waals surface area contributed by atoms with E-state index in [1.807, 2.05) is 19.1 Å². The van der Waals surface area contributed by atoms with Gasteiger partial charge in [-0.05, 0) is 25.5 Å². The molecule has 2 unspecified atom stereocenters. The van der Waals surface area contributed by atoms with E-state index < -0.39 is 0 Å². The molecule has 0 spiro atoms. The van der Waals surface area contributed by atoms with Gasteiger partial charge in [0, 0.05) is 6.61 Å². The van der Waals surface area contributed by atoms with Gasteiger partial charge in [0.05, 0.1) is 18.4 Å². The summed E-state index contributed by atoms with van der Waals surface area (Å²) < 4.78 is 10.7. The maximum absolute atomic E-state index is 5.96. The molecule has 0 aromatic carbocycles. The SMILES string of the molecule is CCOC(CC)C(N)c1ccco1. The molecule has 2 atom stereocenters. The van der Waals surface area contributed by atoms with Crippen molar-refractivity contribution in [1.29, 1.82) is 0 Å². The number of furan rings is 1. The van der Waals surface area contributed by atoms with Gasteiger partial charge in [-0.1, -0.05) is 6.92 Å². The highest BCUT2D eigenvalue weighted by Gasteiger charge is 2.19. The van der Waals surface area contributed by atoms with Gasteiger partial charge in [-0.2, -0.15) is 0 Å². The molecule has 1 rings (SSSR count). The third kappa shape index (κ3) is 2.57. The van der Waals surface area contributed by atoms with Gasteiger partial charge in [0.2, 0.25) is 0 Å². The Labute approximate surface area is 78.9 Å². The van der Waals surface area contributed by atoms with E-state index in [0.717, 1.165) is 12.2 Å². The first kappa shape index (κ1) is 10.3. The fourth-order valence-corrected chi connectivity index (χ4v) is 1.35. The molecule has 74 valence electrons. The predicted molar refractivity (Wildman–Crippen MR) is 51.3 cm³/mol. The second kappa shape index (κ2) is 5.04. The van der Waals surface area contributed by atoms with Crippen LogP contribution in [0.15, 0.2) is 22.8 Å². The third-order valence-corrected chi connectivity index (χ3v) is 2.06. The Morgan fingerprint density at radius 1 is 1.54 bits per heavy atom. The first-order valence-corrected chi connectivity index (χ1v) is 4.70. The Balaban J connectivity index is 2.58. The van der Waals surface area contributed by atoms with Gasteiger partial charge in [0.15, 0.2) is 0 Å². The molecule has 0 aliphatic rings. The first-order valence-electron chi connectivity index (χ1n) is 4.70. The molecule has 0 fully saturated rings. The third-order valence-electron chi connectivity index (χ3n) is 2.06. The van der Waals surface area contributed by atoms with Gasteiger partial charge in [0.25, 0.3) is 0 Å². The average molecular weight is 183 g/mol. The van der Waals surface area contributed by atoms with Crippen molar-refractivity contribution in [1.82, 2.24) is 0 Å². The van der Waals surface area contributed by atoms with E-state index in [4.69, 9.17) is 14.9 Å². The van der Waals surface area contributed by atoms with Crippen molar-refractivity contribution in [2.45, 2.75) is 32.4 Å². The van der Waals surface area contributed by atoms with Crippen LogP contribution in [-0.4, -0.2) is 12.7 Å². The monoisotopic (exact) mass is 183 g/mol. The van der Waals surface area contributed by atoms with Gasteiger partial charge in [-0.3, -0.25) is 0 Å². The zero-order chi connectivity index (χ0) is 9.68. The minimum absolute atomic E-state index is 0.0520. The number of ether oxygens (including phenoxy) is 1. The van der Waals surface area contributed by atoms with E-state index in [1.54, 1.807) is 6.26 Å². The van der Waals surface area contributed by atoms with Gasteiger partial charge < -0.3 is 14.9 Å². The molecular formula is C10H17NO2. The van der Waals surface area contributed by atoms with Crippen LogP contribution in [0.25, 0.3) is 0 Å². The quantitative estimate of drug-likeness (QED) is 0.760. The molecular weight excluding hydrogens is 166 g/mol. The topological polar surface area (TPSA) is 48.4 Å². The van der Waals surface area contributed by atoms with Crippen LogP contribution in [0.3, 0.4) is 0 Å². The Hall–Kier alpha value is -0.800. The van der Waals surface area contributed by atoms with Crippen molar-refractivity contribution in [2.75, 3.05) is 6.61 Å². The predicted octanol–water partition coefficient (Wildman–Crippen LogP) is 2.09. The van der Waals surface area contributed by atoms with Crippen molar-refractivity contribution in [2.24, 2.45) is 5.73 Å². The minimum Gasteiger partial charge on any atom is -0.468 e. The van der Waals surface area contributed by atoms with Crippen molar-refractivity contribution in [3.63, 3.8) is 0 Å². The van der Waals surface area contributed by atoms with Crippen molar-refractivity contribution < 1.29 is 9.15 Å². The Morgan fingerprint density at radius 2 is 2.31 bits per heavy atom. The summed E-state index contributed by atoms with van der Waals surface area (Å²) in [5.74, 6) is 0.792. The lowest BCUT2D eigenvalue weighted by Gasteiger charge is -2.20. The van der Waals surface area contributed by atoms with Gasteiger partial charge >= 0.3 is 0 Å². The van der Waals surface area contributed by atoms with Crippen LogP contribution in [0, 0.1) is 0 Å². The summed E-state index contributed by atoms with van der Waals surface area (Å²) in [5, 5.41) is 0. The zero-order valence-electron chi connectivity index (χ0n) is 8.19. The zero-order valence-corrected chi connectivity index (χ0v) is 8.19. The Bertz CT molecular complexity index is 221. The van der Waals surface area contributed by atoms with Crippen molar-refractivity contribution in [3.05, 3.63) is 24.2 Å². The van der Waals surface area contributed by atoms with E-state index in [-0.39, 0.29) is 12.1 Å². The van der Waals surface area contributed by atoms with Gasteiger partial charge in [0.1, 0.15) is 5.76 Å². The molecule has 0 amide bonds. The summed E-state index contributed by atoms with van der Waals surface area (Å²) in [5.41, 5.74) is 5.96. The van der Waals surface area contributed by atoms with Crippen LogP contribution in [0.1, 0.15) is 32.1 Å². The fraction of sp³-hybridized carbons (Fsp3) is 0.600. The van der Waals surface area contributed by atoms with E-state index in [0.29, 0.717) is 6.61 Å². The molecule has 2 N–H and O–H groups in total. The largest absolute Gasteiger partial charge is 0.468 e. The van der Waals surface area contributed by atoms with Crippen LogP contribution >= 0.6 is 0 Å². The number of nitrogens with two attached hydrogens (primary N) is 1. The molecule has 1 heterocycles. The van der Waals surface area contributed by atoms with Crippen LogP contribution < -0.4 is 5.73 Å². The molecule has 3 heteroatoms. The van der Waals surface area contributed by atoms with Crippen molar-refractivity contribution >= 4 is 0 Å². The second-order valence-electron chi connectivity index (χ2n) is 2.94. The number of hydrogen-bond acceptors (Lipinski definition) is 3. The molecule has 0 saturated carbocycles. The maximum Gasteiger partial charge on any atom is 0.123 e. The molecule has 13 heavy (non-hydrogen) atoms.